The molecule has 1 atom stereocenters. The fraction of sp³-hybridized carbons (Fsp3) is 0.200. The van der Waals surface area contributed by atoms with Crippen LogP contribution in [0.4, 0.5) is 0 Å². The largest absolute Gasteiger partial charge is 0.493 e. The Kier molecular flexibility index (Phi) is 4.94. The number of fused-ring (bicyclic) bond motifs is 2. The second kappa shape index (κ2) is 7.95. The zero-order chi connectivity index (χ0) is 23.1. The number of allylic oxidation sites excluding steroid dienone is 1. The van der Waals surface area contributed by atoms with E-state index < -0.39 is 5.92 Å². The summed E-state index contributed by atoms with van der Waals surface area (Å²) in [5.74, 6) is 0.948. The van der Waals surface area contributed by atoms with Gasteiger partial charge in [0.15, 0.2) is 11.5 Å². The van der Waals surface area contributed by atoms with Crippen molar-refractivity contribution in [3.05, 3.63) is 92.7 Å². The predicted molar refractivity (Wildman–Crippen MR) is 119 cm³/mol. The summed E-state index contributed by atoms with van der Waals surface area (Å²) in [6.07, 6.45) is 0. The van der Waals surface area contributed by atoms with Gasteiger partial charge >= 0.3 is 0 Å². The molecule has 0 spiro atoms. The van der Waals surface area contributed by atoms with Crippen molar-refractivity contribution >= 4 is 0 Å². The van der Waals surface area contributed by atoms with Crippen LogP contribution in [-0.2, 0) is 6.54 Å². The van der Waals surface area contributed by atoms with E-state index in [0.717, 1.165) is 11.3 Å². The summed E-state index contributed by atoms with van der Waals surface area (Å²) in [5, 5.41) is 9.92. The highest BCUT2D eigenvalue weighted by molar-refractivity contribution is 5.61. The van der Waals surface area contributed by atoms with Gasteiger partial charge in [0, 0.05) is 11.8 Å². The van der Waals surface area contributed by atoms with Gasteiger partial charge < -0.3 is 29.2 Å². The number of ether oxygens (including phenoxy) is 4. The highest BCUT2D eigenvalue weighted by Crippen LogP contribution is 2.47. The average Bonchev–Trinajstić information content (AvgIpc) is 3.30. The van der Waals surface area contributed by atoms with E-state index >= 15 is 0 Å². The molecule has 33 heavy (non-hydrogen) atoms. The van der Waals surface area contributed by atoms with Crippen LogP contribution in [0.1, 0.15) is 28.3 Å². The Morgan fingerprint density at radius 2 is 1.97 bits per heavy atom. The molecule has 2 aliphatic heterocycles. The molecule has 1 unspecified atom stereocenters. The minimum atomic E-state index is -0.753. The van der Waals surface area contributed by atoms with Crippen LogP contribution in [0.2, 0.25) is 0 Å². The van der Waals surface area contributed by atoms with Crippen molar-refractivity contribution in [2.75, 3.05) is 13.9 Å². The molecule has 3 aromatic rings. The summed E-state index contributed by atoms with van der Waals surface area (Å²) in [6.45, 7) is 2.29. The molecule has 0 saturated carbocycles. The van der Waals surface area contributed by atoms with Crippen molar-refractivity contribution in [2.24, 2.45) is 5.73 Å². The summed E-state index contributed by atoms with van der Waals surface area (Å²) in [5.41, 5.74) is 8.67. The Morgan fingerprint density at radius 1 is 1.18 bits per heavy atom. The Hall–Kier alpha value is -4.38. The summed E-state index contributed by atoms with van der Waals surface area (Å²) in [4.78, 5) is 13.8. The van der Waals surface area contributed by atoms with Crippen LogP contribution in [0.3, 0.4) is 0 Å². The normalized spacial score (nSPS) is 16.1. The lowest BCUT2D eigenvalue weighted by Crippen LogP contribution is -2.33. The highest BCUT2D eigenvalue weighted by atomic mass is 16.7. The van der Waals surface area contributed by atoms with Crippen LogP contribution in [-0.4, -0.2) is 18.5 Å². The molecular formula is C25H21N3O5. The van der Waals surface area contributed by atoms with E-state index in [0.29, 0.717) is 40.7 Å². The molecule has 8 nitrogen and oxygen atoms in total. The molecule has 0 bridgehead atoms. The number of nitrogens with two attached hydrogens (primary N) is 1. The zero-order valence-electron chi connectivity index (χ0n) is 18.1. The summed E-state index contributed by atoms with van der Waals surface area (Å²) in [6, 6.07) is 17.1. The van der Waals surface area contributed by atoms with Gasteiger partial charge in [-0.05, 0) is 30.2 Å². The minimum absolute atomic E-state index is 0.0359. The van der Waals surface area contributed by atoms with Crippen molar-refractivity contribution in [1.29, 1.82) is 5.26 Å². The van der Waals surface area contributed by atoms with Crippen LogP contribution in [0.15, 0.2) is 64.8 Å². The molecule has 5 rings (SSSR count). The number of hydrogen-bond donors (Lipinski definition) is 1. The van der Waals surface area contributed by atoms with E-state index in [9.17, 15) is 10.1 Å². The molecule has 2 aliphatic rings. The van der Waals surface area contributed by atoms with Crippen LogP contribution in [0, 0.1) is 18.3 Å². The number of nitriles is 1. The van der Waals surface area contributed by atoms with Gasteiger partial charge in [0.1, 0.15) is 17.4 Å². The average molecular weight is 443 g/mol. The lowest BCUT2D eigenvalue weighted by atomic mass is 9.83. The molecular weight excluding hydrogens is 422 g/mol. The van der Waals surface area contributed by atoms with Crippen molar-refractivity contribution in [1.82, 2.24) is 4.57 Å². The van der Waals surface area contributed by atoms with Crippen LogP contribution < -0.4 is 30.2 Å². The first-order valence-electron chi connectivity index (χ1n) is 10.3. The number of pyridine rings is 1. The van der Waals surface area contributed by atoms with Crippen molar-refractivity contribution < 1.29 is 18.9 Å². The van der Waals surface area contributed by atoms with Gasteiger partial charge in [-0.2, -0.15) is 5.26 Å². The number of hydrogen-bond acceptors (Lipinski definition) is 7. The van der Waals surface area contributed by atoms with Crippen molar-refractivity contribution in [3.8, 4) is 29.1 Å². The van der Waals surface area contributed by atoms with E-state index in [2.05, 4.69) is 6.07 Å². The van der Waals surface area contributed by atoms with E-state index in [1.165, 1.54) is 7.11 Å². The number of rotatable bonds is 4. The van der Waals surface area contributed by atoms with Crippen LogP contribution in [0.5, 0.6) is 23.0 Å². The molecule has 8 heteroatoms. The summed E-state index contributed by atoms with van der Waals surface area (Å²) < 4.78 is 23.9. The monoisotopic (exact) mass is 443 g/mol. The van der Waals surface area contributed by atoms with Crippen LogP contribution in [0.25, 0.3) is 0 Å². The van der Waals surface area contributed by atoms with Gasteiger partial charge in [-0.25, -0.2) is 0 Å². The Bertz CT molecular complexity index is 1390. The third kappa shape index (κ3) is 3.34. The Morgan fingerprint density at radius 3 is 2.70 bits per heavy atom. The summed E-state index contributed by atoms with van der Waals surface area (Å²) in [7, 11) is 1.52. The second-order valence-corrected chi connectivity index (χ2v) is 7.82. The van der Waals surface area contributed by atoms with Gasteiger partial charge in [-0.15, -0.1) is 0 Å². The van der Waals surface area contributed by atoms with Gasteiger partial charge in [0.2, 0.25) is 18.4 Å². The summed E-state index contributed by atoms with van der Waals surface area (Å²) >= 11 is 0. The topological polar surface area (TPSA) is 109 Å². The molecule has 0 radical (unpaired) electrons. The molecule has 1 aromatic heterocycles. The van der Waals surface area contributed by atoms with Crippen molar-refractivity contribution in [2.45, 2.75) is 19.4 Å². The van der Waals surface area contributed by atoms with Crippen LogP contribution >= 0.6 is 0 Å². The molecule has 2 aromatic carbocycles. The first-order valence-corrected chi connectivity index (χ1v) is 10.3. The fourth-order valence-corrected chi connectivity index (χ4v) is 4.30. The fourth-order valence-electron chi connectivity index (χ4n) is 4.30. The van der Waals surface area contributed by atoms with E-state index in [1.807, 2.05) is 37.3 Å². The Balaban J connectivity index is 1.73. The predicted octanol–water partition coefficient (Wildman–Crippen LogP) is 3.16. The standard InChI is InChI=1S/C25H21N3O5/c1-14-8-18-22(25(29)28(14)12-15-6-4-3-5-7-15)21(17(11-26)24(27)33-18)16-9-19(30-2)23-20(10-16)31-13-32-23/h3-10,21H,12-13,27H2,1-2H3. The van der Waals surface area contributed by atoms with E-state index in [4.69, 9.17) is 24.7 Å². The number of aryl methyl sites for hydroxylation is 1. The highest BCUT2D eigenvalue weighted by Gasteiger charge is 2.36. The maximum atomic E-state index is 13.8. The second-order valence-electron chi connectivity index (χ2n) is 7.82. The quantitative estimate of drug-likeness (QED) is 0.660. The third-order valence-electron chi connectivity index (χ3n) is 5.89. The number of aromatic nitrogens is 1. The molecule has 166 valence electrons. The third-order valence-corrected chi connectivity index (χ3v) is 5.89. The SMILES string of the molecule is COc1cc(C2C(C#N)=C(N)Oc3cc(C)n(Cc4ccccc4)c(=O)c32)cc2c1OCO2. The molecule has 0 saturated heterocycles. The molecule has 0 amide bonds. The van der Waals surface area contributed by atoms with Gasteiger partial charge in [-0.1, -0.05) is 30.3 Å². The number of methoxy groups -OCH3 is 1. The maximum Gasteiger partial charge on any atom is 0.259 e. The molecule has 0 aliphatic carbocycles. The lowest BCUT2D eigenvalue weighted by Gasteiger charge is -2.27. The molecule has 3 heterocycles. The van der Waals surface area contributed by atoms with E-state index in [-0.39, 0.29) is 23.8 Å². The van der Waals surface area contributed by atoms with Crippen molar-refractivity contribution in [3.63, 3.8) is 0 Å². The first kappa shape index (κ1) is 20.5. The molecule has 2 N–H and O–H groups in total. The number of benzene rings is 2. The Labute approximate surface area is 190 Å². The van der Waals surface area contributed by atoms with E-state index in [1.54, 1.807) is 22.8 Å². The smallest absolute Gasteiger partial charge is 0.259 e. The van der Waals surface area contributed by atoms with Gasteiger partial charge in [-0.3, -0.25) is 4.79 Å². The lowest BCUT2D eigenvalue weighted by molar-refractivity contribution is 0.171. The maximum absolute atomic E-state index is 13.8. The van der Waals surface area contributed by atoms with Gasteiger partial charge in [0.25, 0.3) is 5.56 Å². The zero-order valence-corrected chi connectivity index (χ0v) is 18.1. The number of nitrogens with zero attached hydrogens (tertiary/aromatic N) is 2. The molecule has 0 fully saturated rings. The minimum Gasteiger partial charge on any atom is -0.493 e. The van der Waals surface area contributed by atoms with Gasteiger partial charge in [0.05, 0.1) is 25.1 Å². The first-order chi connectivity index (χ1) is 16.0.